The Morgan fingerprint density at radius 3 is 2.60 bits per heavy atom. The molecular formula is C12H25NOS. The summed E-state index contributed by atoms with van der Waals surface area (Å²) in [7, 11) is -0.695. The molecule has 5 atom stereocenters. The molecule has 0 radical (unpaired) electrons. The smallest absolute Gasteiger partial charge is 0.0441 e. The molecule has 1 fully saturated rings. The van der Waals surface area contributed by atoms with Crippen molar-refractivity contribution in [2.45, 2.75) is 51.3 Å². The van der Waals surface area contributed by atoms with Crippen molar-refractivity contribution in [2.75, 3.05) is 12.8 Å². The fourth-order valence-corrected chi connectivity index (χ4v) is 2.73. The summed E-state index contributed by atoms with van der Waals surface area (Å²) in [5, 5.41) is 3.85. The maximum atomic E-state index is 11.2. The van der Waals surface area contributed by atoms with Crippen LogP contribution >= 0.6 is 0 Å². The Hall–Kier alpha value is 0.110. The third-order valence-corrected chi connectivity index (χ3v) is 4.97. The van der Waals surface area contributed by atoms with Crippen molar-refractivity contribution in [3.63, 3.8) is 0 Å². The number of hydrogen-bond donors (Lipinski definition) is 1. The van der Waals surface area contributed by atoms with Crippen LogP contribution in [0, 0.1) is 11.8 Å². The van der Waals surface area contributed by atoms with E-state index in [9.17, 15) is 4.21 Å². The second kappa shape index (κ2) is 6.00. The zero-order valence-corrected chi connectivity index (χ0v) is 11.3. The fourth-order valence-electron chi connectivity index (χ4n) is 2.40. The first-order valence-corrected chi connectivity index (χ1v) is 7.68. The SMILES string of the molecule is C[C@@H]1CC[C@@H](NC[C@H](C)[S@@](C)=O)[C@@H](C)C1. The van der Waals surface area contributed by atoms with Crippen LogP contribution in [0.3, 0.4) is 0 Å². The summed E-state index contributed by atoms with van der Waals surface area (Å²) in [6.07, 6.45) is 5.75. The molecule has 0 aromatic carbocycles. The molecule has 0 saturated heterocycles. The Morgan fingerprint density at radius 1 is 1.40 bits per heavy atom. The molecule has 3 heteroatoms. The van der Waals surface area contributed by atoms with Crippen molar-refractivity contribution < 1.29 is 4.21 Å². The van der Waals surface area contributed by atoms with Crippen LogP contribution in [0.1, 0.15) is 40.0 Å². The van der Waals surface area contributed by atoms with Crippen LogP contribution in [0.2, 0.25) is 0 Å². The fraction of sp³-hybridized carbons (Fsp3) is 1.00. The van der Waals surface area contributed by atoms with Crippen molar-refractivity contribution in [1.82, 2.24) is 5.32 Å². The van der Waals surface area contributed by atoms with E-state index in [1.165, 1.54) is 19.3 Å². The molecule has 2 nitrogen and oxygen atoms in total. The van der Waals surface area contributed by atoms with Gasteiger partial charge in [-0.2, -0.15) is 0 Å². The second-order valence-corrected chi connectivity index (χ2v) is 7.02. The van der Waals surface area contributed by atoms with Crippen molar-refractivity contribution in [2.24, 2.45) is 11.8 Å². The number of rotatable bonds is 4. The maximum absolute atomic E-state index is 11.2. The molecule has 0 unspecified atom stereocenters. The molecule has 1 saturated carbocycles. The van der Waals surface area contributed by atoms with Crippen LogP contribution in [-0.4, -0.2) is 28.3 Å². The molecule has 1 N–H and O–H groups in total. The minimum atomic E-state index is -0.695. The van der Waals surface area contributed by atoms with Crippen molar-refractivity contribution in [3.05, 3.63) is 0 Å². The van der Waals surface area contributed by atoms with Gasteiger partial charge >= 0.3 is 0 Å². The summed E-state index contributed by atoms with van der Waals surface area (Å²) in [6, 6.07) is 0.646. The van der Waals surface area contributed by atoms with E-state index in [4.69, 9.17) is 0 Å². The highest BCUT2D eigenvalue weighted by Crippen LogP contribution is 2.28. The van der Waals surface area contributed by atoms with Crippen LogP contribution in [0.15, 0.2) is 0 Å². The van der Waals surface area contributed by atoms with Gasteiger partial charge in [-0.15, -0.1) is 0 Å². The molecule has 0 aliphatic heterocycles. The van der Waals surface area contributed by atoms with E-state index in [1.54, 1.807) is 6.26 Å². The van der Waals surface area contributed by atoms with E-state index in [2.05, 4.69) is 26.1 Å². The van der Waals surface area contributed by atoms with E-state index in [0.717, 1.165) is 18.4 Å². The molecule has 0 bridgehead atoms. The first-order chi connectivity index (χ1) is 7.00. The van der Waals surface area contributed by atoms with Gasteiger partial charge in [-0.25, -0.2) is 0 Å². The highest BCUT2D eigenvalue weighted by Gasteiger charge is 2.25. The summed E-state index contributed by atoms with van der Waals surface area (Å²) in [6.45, 7) is 7.63. The topological polar surface area (TPSA) is 29.1 Å². The number of hydrogen-bond acceptors (Lipinski definition) is 2. The highest BCUT2D eigenvalue weighted by atomic mass is 32.2. The van der Waals surface area contributed by atoms with Gasteiger partial charge in [-0.05, 0) is 38.0 Å². The van der Waals surface area contributed by atoms with Crippen molar-refractivity contribution >= 4 is 10.8 Å². The summed E-state index contributed by atoms with van der Waals surface area (Å²) >= 11 is 0. The highest BCUT2D eigenvalue weighted by molar-refractivity contribution is 7.84. The average molecular weight is 231 g/mol. The van der Waals surface area contributed by atoms with Gasteiger partial charge in [-0.3, -0.25) is 4.21 Å². The van der Waals surface area contributed by atoms with E-state index >= 15 is 0 Å². The van der Waals surface area contributed by atoms with Crippen LogP contribution in [0.25, 0.3) is 0 Å². The lowest BCUT2D eigenvalue weighted by atomic mass is 9.80. The quantitative estimate of drug-likeness (QED) is 0.803. The van der Waals surface area contributed by atoms with Crippen LogP contribution in [0.4, 0.5) is 0 Å². The molecule has 0 heterocycles. The van der Waals surface area contributed by atoms with Gasteiger partial charge in [0.2, 0.25) is 0 Å². The van der Waals surface area contributed by atoms with Crippen LogP contribution < -0.4 is 5.32 Å². The standard InChI is InChI=1S/C12H25NOS/c1-9-5-6-12(10(2)7-9)13-8-11(3)15(4)14/h9-13H,5-8H2,1-4H3/t9-,10+,11+,12-,15-/m1/s1. The predicted octanol–water partition coefficient (Wildman–Crippen LogP) is 2.17. The minimum Gasteiger partial charge on any atom is -0.313 e. The molecule has 15 heavy (non-hydrogen) atoms. The Kier molecular flexibility index (Phi) is 5.27. The summed E-state index contributed by atoms with van der Waals surface area (Å²) in [5.74, 6) is 1.65. The summed E-state index contributed by atoms with van der Waals surface area (Å²) in [4.78, 5) is 0. The maximum Gasteiger partial charge on any atom is 0.0441 e. The lowest BCUT2D eigenvalue weighted by Crippen LogP contribution is -2.42. The number of nitrogens with one attached hydrogen (secondary N) is 1. The third kappa shape index (κ3) is 4.23. The Bertz CT molecular complexity index is 220. The zero-order valence-electron chi connectivity index (χ0n) is 10.5. The predicted molar refractivity (Wildman–Crippen MR) is 67.5 cm³/mol. The molecule has 0 aromatic rings. The van der Waals surface area contributed by atoms with Gasteiger partial charge in [0.05, 0.1) is 0 Å². The lowest BCUT2D eigenvalue weighted by Gasteiger charge is -2.33. The van der Waals surface area contributed by atoms with Gasteiger partial charge in [-0.1, -0.05) is 13.8 Å². The molecule has 0 aromatic heterocycles. The monoisotopic (exact) mass is 231 g/mol. The van der Waals surface area contributed by atoms with E-state index in [-0.39, 0.29) is 5.25 Å². The third-order valence-electron chi connectivity index (χ3n) is 3.67. The molecule has 0 spiro atoms. The second-order valence-electron chi connectivity index (χ2n) is 5.22. The molecule has 90 valence electrons. The minimum absolute atomic E-state index is 0.275. The molecular weight excluding hydrogens is 206 g/mol. The van der Waals surface area contributed by atoms with Gasteiger partial charge in [0.15, 0.2) is 0 Å². The molecule has 1 aliphatic rings. The van der Waals surface area contributed by atoms with Crippen LogP contribution in [0.5, 0.6) is 0 Å². The van der Waals surface area contributed by atoms with Gasteiger partial charge < -0.3 is 5.32 Å². The first-order valence-electron chi connectivity index (χ1n) is 6.06. The van der Waals surface area contributed by atoms with Gasteiger partial charge in [0, 0.05) is 34.9 Å². The molecule has 0 amide bonds. The summed E-state index contributed by atoms with van der Waals surface area (Å²) < 4.78 is 11.2. The van der Waals surface area contributed by atoms with Crippen molar-refractivity contribution in [3.8, 4) is 0 Å². The Balaban J connectivity index is 2.29. The van der Waals surface area contributed by atoms with Crippen LogP contribution in [-0.2, 0) is 10.8 Å². The Morgan fingerprint density at radius 2 is 2.07 bits per heavy atom. The first kappa shape index (κ1) is 13.2. The largest absolute Gasteiger partial charge is 0.313 e. The van der Waals surface area contributed by atoms with E-state index in [1.807, 2.05) is 0 Å². The normalized spacial score (nSPS) is 36.1. The molecule has 1 rings (SSSR count). The lowest BCUT2D eigenvalue weighted by molar-refractivity contribution is 0.229. The van der Waals surface area contributed by atoms with Crippen molar-refractivity contribution in [1.29, 1.82) is 0 Å². The summed E-state index contributed by atoms with van der Waals surface area (Å²) in [5.41, 5.74) is 0. The van der Waals surface area contributed by atoms with Gasteiger partial charge in [0.25, 0.3) is 0 Å². The zero-order chi connectivity index (χ0) is 11.4. The average Bonchev–Trinajstić information content (AvgIpc) is 2.15. The van der Waals surface area contributed by atoms with E-state index in [0.29, 0.717) is 6.04 Å². The molecule has 1 aliphatic carbocycles. The van der Waals surface area contributed by atoms with Gasteiger partial charge in [0.1, 0.15) is 0 Å². The Labute approximate surface area is 96.7 Å². The van der Waals surface area contributed by atoms with E-state index < -0.39 is 10.8 Å².